The van der Waals surface area contributed by atoms with Crippen LogP contribution in [-0.2, 0) is 0 Å². The molecule has 0 atom stereocenters. The van der Waals surface area contributed by atoms with Crippen molar-refractivity contribution in [2.45, 2.75) is 25.7 Å². The summed E-state index contributed by atoms with van der Waals surface area (Å²) in [4.78, 5) is 19.7. The Morgan fingerprint density at radius 1 is 1.18 bits per heavy atom. The molecule has 1 saturated heterocycles. The lowest BCUT2D eigenvalue weighted by Crippen LogP contribution is -2.28. The highest BCUT2D eigenvalue weighted by atomic mass is 16.5. The number of piperidine rings is 1. The number of benzene rings is 1. The van der Waals surface area contributed by atoms with Gasteiger partial charge in [-0.2, -0.15) is 10.1 Å². The second-order valence-corrected chi connectivity index (χ2v) is 7.19. The molecule has 0 spiro atoms. The molecule has 2 N–H and O–H groups in total. The number of nitrogens with one attached hydrogen (secondary N) is 2. The zero-order valence-electron chi connectivity index (χ0n) is 15.5. The zero-order valence-corrected chi connectivity index (χ0v) is 15.5. The first kappa shape index (κ1) is 16.9. The van der Waals surface area contributed by atoms with E-state index in [0.717, 1.165) is 42.8 Å². The van der Waals surface area contributed by atoms with E-state index in [1.54, 1.807) is 16.8 Å². The molecule has 0 bridgehead atoms. The predicted molar refractivity (Wildman–Crippen MR) is 104 cm³/mol. The Morgan fingerprint density at radius 2 is 1.96 bits per heavy atom. The Balaban J connectivity index is 1.58. The molecule has 0 saturated carbocycles. The summed E-state index contributed by atoms with van der Waals surface area (Å²) in [5.41, 5.74) is 4.03. The van der Waals surface area contributed by atoms with Gasteiger partial charge < -0.3 is 14.8 Å². The van der Waals surface area contributed by atoms with Gasteiger partial charge in [-0.15, -0.1) is 0 Å². The van der Waals surface area contributed by atoms with E-state index in [2.05, 4.69) is 25.5 Å². The molecule has 3 aromatic heterocycles. The average Bonchev–Trinajstić information content (AvgIpc) is 3.35. The van der Waals surface area contributed by atoms with Crippen molar-refractivity contribution in [2.75, 3.05) is 13.1 Å². The van der Waals surface area contributed by atoms with Crippen LogP contribution in [0.3, 0.4) is 0 Å². The van der Waals surface area contributed by atoms with Gasteiger partial charge in [0.25, 0.3) is 11.4 Å². The van der Waals surface area contributed by atoms with Gasteiger partial charge >= 0.3 is 0 Å². The molecule has 5 rings (SSSR count). The molecule has 4 aromatic rings. The van der Waals surface area contributed by atoms with Gasteiger partial charge in [0.2, 0.25) is 5.82 Å². The van der Waals surface area contributed by atoms with Crippen LogP contribution in [0.1, 0.15) is 30.0 Å². The number of hydrogen-bond donors (Lipinski definition) is 2. The Morgan fingerprint density at radius 3 is 2.75 bits per heavy atom. The Bertz CT molecular complexity index is 1180. The van der Waals surface area contributed by atoms with Gasteiger partial charge in [-0.3, -0.25) is 4.79 Å². The summed E-state index contributed by atoms with van der Waals surface area (Å²) in [5, 5.41) is 12.0. The number of nitrogens with zero attached hydrogens (tertiary/aromatic N) is 4. The minimum absolute atomic E-state index is 0.148. The van der Waals surface area contributed by atoms with Crippen LogP contribution in [0.15, 0.2) is 45.8 Å². The molecule has 0 unspecified atom stereocenters. The lowest BCUT2D eigenvalue weighted by molar-refractivity contribution is 0.432. The topological polar surface area (TPSA) is 101 Å². The smallest absolute Gasteiger partial charge is 0.258 e. The number of fused-ring (bicyclic) bond motifs is 1. The molecule has 8 heteroatoms. The molecule has 0 amide bonds. The molecule has 8 nitrogen and oxygen atoms in total. The molecule has 1 aromatic carbocycles. The van der Waals surface area contributed by atoms with Crippen LogP contribution < -0.4 is 10.9 Å². The van der Waals surface area contributed by atoms with Gasteiger partial charge in [0.05, 0.1) is 17.5 Å². The van der Waals surface area contributed by atoms with Gasteiger partial charge in [0.1, 0.15) is 5.65 Å². The number of H-pyrrole nitrogens is 1. The number of rotatable bonds is 3. The third-order valence-corrected chi connectivity index (χ3v) is 5.26. The fourth-order valence-corrected chi connectivity index (χ4v) is 3.73. The molecule has 1 aliphatic rings. The monoisotopic (exact) mass is 376 g/mol. The van der Waals surface area contributed by atoms with E-state index in [-0.39, 0.29) is 5.56 Å². The normalized spacial score (nSPS) is 15.3. The molecular formula is C20H20N6O2. The standard InChI is InChI=1S/C20H20N6O2/c1-12-2-4-14(5-3-12)20-24-18(25-28-20)15-11-22-26-16(10-17(27)23-19(15)26)13-6-8-21-9-7-13/h2-5,10-11,13,21H,6-9H2,1H3,(H,23,27). The van der Waals surface area contributed by atoms with E-state index in [0.29, 0.717) is 28.8 Å². The molecule has 0 radical (unpaired) electrons. The molecule has 28 heavy (non-hydrogen) atoms. The summed E-state index contributed by atoms with van der Waals surface area (Å²) in [6.07, 6.45) is 3.64. The summed E-state index contributed by atoms with van der Waals surface area (Å²) < 4.78 is 7.24. The quantitative estimate of drug-likeness (QED) is 0.570. The first-order valence-electron chi connectivity index (χ1n) is 9.42. The van der Waals surface area contributed by atoms with E-state index in [4.69, 9.17) is 4.52 Å². The number of hydrogen-bond acceptors (Lipinski definition) is 6. The van der Waals surface area contributed by atoms with E-state index in [1.807, 2.05) is 31.2 Å². The average molecular weight is 376 g/mol. The highest BCUT2D eigenvalue weighted by molar-refractivity contribution is 5.73. The lowest BCUT2D eigenvalue weighted by atomic mass is 9.94. The van der Waals surface area contributed by atoms with Crippen molar-refractivity contribution in [1.29, 1.82) is 0 Å². The van der Waals surface area contributed by atoms with Crippen LogP contribution in [0.5, 0.6) is 0 Å². The fourth-order valence-electron chi connectivity index (χ4n) is 3.73. The SMILES string of the molecule is Cc1ccc(-c2nc(-c3cnn4c(C5CCNCC5)cc(=O)[nH]c34)no2)cc1. The van der Waals surface area contributed by atoms with E-state index in [1.165, 1.54) is 0 Å². The van der Waals surface area contributed by atoms with E-state index >= 15 is 0 Å². The molecule has 1 fully saturated rings. The van der Waals surface area contributed by atoms with E-state index < -0.39 is 0 Å². The molecule has 0 aliphatic carbocycles. The van der Waals surface area contributed by atoms with Crippen molar-refractivity contribution in [2.24, 2.45) is 0 Å². The van der Waals surface area contributed by atoms with Crippen molar-refractivity contribution < 1.29 is 4.52 Å². The number of aromatic amines is 1. The van der Waals surface area contributed by atoms with Crippen molar-refractivity contribution in [3.05, 3.63) is 58.1 Å². The maximum Gasteiger partial charge on any atom is 0.258 e. The zero-order chi connectivity index (χ0) is 19.1. The number of aryl methyl sites for hydroxylation is 1. The maximum atomic E-state index is 12.3. The molecule has 4 heterocycles. The Hall–Kier alpha value is -3.26. The van der Waals surface area contributed by atoms with E-state index in [9.17, 15) is 4.79 Å². The molecule has 1 aliphatic heterocycles. The van der Waals surface area contributed by atoms with Crippen molar-refractivity contribution in [3.63, 3.8) is 0 Å². The lowest BCUT2D eigenvalue weighted by Gasteiger charge is -2.23. The van der Waals surface area contributed by atoms with Gasteiger partial charge in [0, 0.05) is 17.5 Å². The summed E-state index contributed by atoms with van der Waals surface area (Å²) >= 11 is 0. The van der Waals surface area contributed by atoms with Gasteiger partial charge in [-0.1, -0.05) is 22.9 Å². The highest BCUT2D eigenvalue weighted by Gasteiger charge is 2.22. The number of aromatic nitrogens is 5. The first-order valence-corrected chi connectivity index (χ1v) is 9.42. The first-order chi connectivity index (χ1) is 13.7. The summed E-state index contributed by atoms with van der Waals surface area (Å²) in [7, 11) is 0. The summed E-state index contributed by atoms with van der Waals surface area (Å²) in [6, 6.07) is 9.53. The Labute approximate surface area is 160 Å². The van der Waals surface area contributed by atoms with Crippen LogP contribution >= 0.6 is 0 Å². The van der Waals surface area contributed by atoms with Crippen LogP contribution in [0, 0.1) is 6.92 Å². The van der Waals surface area contributed by atoms with Gasteiger partial charge in [-0.05, 0) is 45.0 Å². The minimum Gasteiger partial charge on any atom is -0.334 e. The third-order valence-electron chi connectivity index (χ3n) is 5.26. The van der Waals surface area contributed by atoms with Crippen LogP contribution in [0.4, 0.5) is 0 Å². The van der Waals surface area contributed by atoms with Crippen molar-refractivity contribution >= 4 is 5.65 Å². The maximum absolute atomic E-state index is 12.3. The van der Waals surface area contributed by atoms with Crippen LogP contribution in [0.25, 0.3) is 28.5 Å². The minimum atomic E-state index is -0.148. The van der Waals surface area contributed by atoms with Crippen LogP contribution in [0.2, 0.25) is 0 Å². The Kier molecular flexibility index (Phi) is 4.05. The van der Waals surface area contributed by atoms with Crippen molar-refractivity contribution in [1.82, 2.24) is 30.1 Å². The van der Waals surface area contributed by atoms with Crippen molar-refractivity contribution in [3.8, 4) is 22.8 Å². The predicted octanol–water partition coefficient (Wildman–Crippen LogP) is 2.52. The fraction of sp³-hybridized carbons (Fsp3) is 0.300. The second-order valence-electron chi connectivity index (χ2n) is 7.19. The summed E-state index contributed by atoms with van der Waals surface area (Å²) in [6.45, 7) is 3.91. The summed E-state index contributed by atoms with van der Waals surface area (Å²) in [5.74, 6) is 1.14. The van der Waals surface area contributed by atoms with Gasteiger partial charge in [0.15, 0.2) is 0 Å². The molecule has 142 valence electrons. The van der Waals surface area contributed by atoms with Crippen LogP contribution in [-0.4, -0.2) is 37.8 Å². The second kappa shape index (κ2) is 6.72. The van der Waals surface area contributed by atoms with Gasteiger partial charge in [-0.25, -0.2) is 4.52 Å². The highest BCUT2D eigenvalue weighted by Crippen LogP contribution is 2.28. The molecular weight excluding hydrogens is 356 g/mol. The largest absolute Gasteiger partial charge is 0.334 e. The third kappa shape index (κ3) is 2.91.